The minimum absolute atomic E-state index is 0.928. The van der Waals surface area contributed by atoms with Crippen molar-refractivity contribution in [3.8, 4) is 0 Å². The lowest BCUT2D eigenvalue weighted by Gasteiger charge is -2.26. The third kappa shape index (κ3) is 3.51. The first kappa shape index (κ1) is 14.7. The normalized spacial score (nSPS) is 15.6. The molecule has 0 radical (unpaired) electrons. The van der Waals surface area contributed by atoms with Gasteiger partial charge in [0.2, 0.25) is 0 Å². The van der Waals surface area contributed by atoms with Crippen LogP contribution >= 0.6 is 11.3 Å². The number of aromatic nitrogens is 3. The molecule has 1 aliphatic heterocycles. The molecule has 3 rings (SSSR count). The number of hydrogen-bond donors (Lipinski definition) is 0. The van der Waals surface area contributed by atoms with Crippen molar-refractivity contribution < 1.29 is 0 Å². The third-order valence-electron chi connectivity index (χ3n) is 4.05. The van der Waals surface area contributed by atoms with Crippen LogP contribution in [0, 0.1) is 0 Å². The van der Waals surface area contributed by atoms with Crippen LogP contribution in [0.25, 0.3) is 0 Å². The molecule has 0 aliphatic carbocycles. The van der Waals surface area contributed by atoms with Crippen molar-refractivity contribution in [1.29, 1.82) is 0 Å². The fourth-order valence-electron chi connectivity index (χ4n) is 2.77. The van der Waals surface area contributed by atoms with Crippen molar-refractivity contribution in [2.24, 2.45) is 0 Å². The Morgan fingerprint density at radius 1 is 1.29 bits per heavy atom. The van der Waals surface area contributed by atoms with Crippen LogP contribution in [0.3, 0.4) is 0 Å². The fraction of sp³-hybridized carbons (Fsp3) is 0.600. The summed E-state index contributed by atoms with van der Waals surface area (Å²) in [5.41, 5.74) is 1.20. The smallest absolute Gasteiger partial charge is 0.123 e. The quantitative estimate of drug-likeness (QED) is 0.820. The van der Waals surface area contributed by atoms with Gasteiger partial charge in [0.15, 0.2) is 0 Å². The van der Waals surface area contributed by atoms with Gasteiger partial charge in [-0.2, -0.15) is 0 Å². The highest BCUT2D eigenvalue weighted by molar-refractivity contribution is 7.09. The number of imidazole rings is 1. The highest BCUT2D eigenvalue weighted by Crippen LogP contribution is 2.17. The van der Waals surface area contributed by atoms with E-state index in [1.165, 1.54) is 16.5 Å². The molecule has 0 fully saturated rings. The van der Waals surface area contributed by atoms with Gasteiger partial charge in [0.1, 0.15) is 10.8 Å². The Balaban J connectivity index is 1.64. The largest absolute Gasteiger partial charge is 0.332 e. The number of nitrogens with zero attached hydrogens (tertiary/aromatic N) is 5. The molecule has 21 heavy (non-hydrogen) atoms. The highest BCUT2D eigenvalue weighted by Gasteiger charge is 2.19. The van der Waals surface area contributed by atoms with Gasteiger partial charge in [0.25, 0.3) is 0 Å². The average Bonchev–Trinajstić information content (AvgIpc) is 3.13. The topological polar surface area (TPSA) is 37.2 Å². The first-order chi connectivity index (χ1) is 10.3. The monoisotopic (exact) mass is 305 g/mol. The van der Waals surface area contributed by atoms with Gasteiger partial charge >= 0.3 is 0 Å². The molecular formula is C15H23N5S. The Morgan fingerprint density at radius 3 is 2.86 bits per heavy atom. The van der Waals surface area contributed by atoms with Gasteiger partial charge in [-0.1, -0.05) is 13.8 Å². The summed E-state index contributed by atoms with van der Waals surface area (Å²) in [5, 5.41) is 3.24. The Bertz CT molecular complexity index is 559. The van der Waals surface area contributed by atoms with Crippen LogP contribution in [0.4, 0.5) is 0 Å². The number of fused-ring (bicyclic) bond motifs is 1. The molecule has 0 amide bonds. The lowest BCUT2D eigenvalue weighted by Crippen LogP contribution is -2.33. The molecule has 2 aromatic heterocycles. The lowest BCUT2D eigenvalue weighted by atomic mass is 10.3. The van der Waals surface area contributed by atoms with Gasteiger partial charge in [0, 0.05) is 37.4 Å². The molecule has 6 heteroatoms. The molecule has 2 aromatic rings. The van der Waals surface area contributed by atoms with E-state index in [0.29, 0.717) is 0 Å². The summed E-state index contributed by atoms with van der Waals surface area (Å²) in [6.45, 7) is 11.5. The van der Waals surface area contributed by atoms with Crippen LogP contribution in [0.1, 0.15) is 30.4 Å². The first-order valence-corrected chi connectivity index (χ1v) is 8.54. The van der Waals surface area contributed by atoms with E-state index < -0.39 is 0 Å². The minimum Gasteiger partial charge on any atom is -0.332 e. The van der Waals surface area contributed by atoms with Crippen molar-refractivity contribution in [2.45, 2.75) is 40.0 Å². The molecule has 0 saturated heterocycles. The number of hydrogen-bond acceptors (Lipinski definition) is 5. The summed E-state index contributed by atoms with van der Waals surface area (Å²) in [4.78, 5) is 14.0. The second-order valence-corrected chi connectivity index (χ2v) is 6.42. The summed E-state index contributed by atoms with van der Waals surface area (Å²) in [5.74, 6) is 1.19. The SMILES string of the molecule is CCN(CC)Cc1cn2c(n1)CN(Cc1nccs1)CC2. The molecule has 5 nitrogen and oxygen atoms in total. The Hall–Kier alpha value is -1.24. The number of rotatable bonds is 6. The van der Waals surface area contributed by atoms with E-state index in [0.717, 1.165) is 45.8 Å². The first-order valence-electron chi connectivity index (χ1n) is 7.66. The minimum atomic E-state index is 0.928. The maximum atomic E-state index is 4.83. The van der Waals surface area contributed by atoms with Gasteiger partial charge < -0.3 is 4.57 Å². The summed E-state index contributed by atoms with van der Waals surface area (Å²) >= 11 is 1.73. The van der Waals surface area contributed by atoms with Crippen molar-refractivity contribution in [1.82, 2.24) is 24.3 Å². The zero-order valence-corrected chi connectivity index (χ0v) is 13.6. The standard InChI is InChI=1S/C15H23N5S/c1-3-18(4-2)9-13-10-20-7-6-19(11-14(20)17-13)12-15-16-5-8-21-15/h5,8,10H,3-4,6-7,9,11-12H2,1-2H3. The molecule has 0 unspecified atom stereocenters. The maximum absolute atomic E-state index is 4.83. The summed E-state index contributed by atoms with van der Waals surface area (Å²) < 4.78 is 2.32. The van der Waals surface area contributed by atoms with Crippen LogP contribution in [0.5, 0.6) is 0 Å². The molecule has 114 valence electrons. The molecule has 0 spiro atoms. The van der Waals surface area contributed by atoms with Gasteiger partial charge in [-0.15, -0.1) is 11.3 Å². The molecule has 0 bridgehead atoms. The van der Waals surface area contributed by atoms with Crippen LogP contribution in [0.2, 0.25) is 0 Å². The molecular weight excluding hydrogens is 282 g/mol. The predicted molar refractivity (Wildman–Crippen MR) is 85.1 cm³/mol. The molecule has 0 N–H and O–H groups in total. The number of thiazole rings is 1. The summed E-state index contributed by atoms with van der Waals surface area (Å²) in [7, 11) is 0. The lowest BCUT2D eigenvalue weighted by molar-refractivity contribution is 0.208. The Labute approximate surface area is 130 Å². The van der Waals surface area contributed by atoms with Crippen LogP contribution in [-0.2, 0) is 26.2 Å². The van der Waals surface area contributed by atoms with E-state index >= 15 is 0 Å². The Kier molecular flexibility index (Phi) is 4.67. The Morgan fingerprint density at radius 2 is 2.14 bits per heavy atom. The highest BCUT2D eigenvalue weighted by atomic mass is 32.1. The van der Waals surface area contributed by atoms with E-state index in [9.17, 15) is 0 Å². The van der Waals surface area contributed by atoms with Gasteiger partial charge in [-0.05, 0) is 13.1 Å². The van der Waals surface area contributed by atoms with Gasteiger partial charge in [0.05, 0.1) is 18.8 Å². The van der Waals surface area contributed by atoms with Crippen molar-refractivity contribution in [2.75, 3.05) is 19.6 Å². The molecule has 0 atom stereocenters. The van der Waals surface area contributed by atoms with Crippen molar-refractivity contribution >= 4 is 11.3 Å². The zero-order chi connectivity index (χ0) is 14.7. The van der Waals surface area contributed by atoms with E-state index in [1.807, 2.05) is 11.6 Å². The maximum Gasteiger partial charge on any atom is 0.123 e. The van der Waals surface area contributed by atoms with E-state index in [4.69, 9.17) is 4.98 Å². The summed E-state index contributed by atoms with van der Waals surface area (Å²) in [6.07, 6.45) is 4.11. The molecule has 1 aliphatic rings. The van der Waals surface area contributed by atoms with E-state index in [-0.39, 0.29) is 0 Å². The van der Waals surface area contributed by atoms with Gasteiger partial charge in [-0.3, -0.25) is 9.80 Å². The predicted octanol–water partition coefficient (Wildman–Crippen LogP) is 2.20. The molecule has 3 heterocycles. The van der Waals surface area contributed by atoms with Crippen LogP contribution in [-0.4, -0.2) is 44.0 Å². The van der Waals surface area contributed by atoms with Crippen molar-refractivity contribution in [3.05, 3.63) is 34.3 Å². The fourth-order valence-corrected chi connectivity index (χ4v) is 3.43. The van der Waals surface area contributed by atoms with Gasteiger partial charge in [-0.25, -0.2) is 9.97 Å². The molecule has 0 aromatic carbocycles. The second kappa shape index (κ2) is 6.68. The average molecular weight is 305 g/mol. The van der Waals surface area contributed by atoms with E-state index in [1.54, 1.807) is 11.3 Å². The third-order valence-corrected chi connectivity index (χ3v) is 4.82. The zero-order valence-electron chi connectivity index (χ0n) is 12.8. The second-order valence-electron chi connectivity index (χ2n) is 5.44. The van der Waals surface area contributed by atoms with Crippen LogP contribution in [0.15, 0.2) is 17.8 Å². The van der Waals surface area contributed by atoms with E-state index in [2.05, 4.69) is 39.4 Å². The molecule has 0 saturated carbocycles. The van der Waals surface area contributed by atoms with Crippen molar-refractivity contribution in [3.63, 3.8) is 0 Å². The summed E-state index contributed by atoms with van der Waals surface area (Å²) in [6, 6.07) is 0. The van der Waals surface area contributed by atoms with Crippen LogP contribution < -0.4 is 0 Å².